The zero-order valence-corrected chi connectivity index (χ0v) is 10.4. The average Bonchev–Trinajstić information content (AvgIpc) is 2.83. The summed E-state index contributed by atoms with van der Waals surface area (Å²) in [4.78, 5) is 0.275. The fourth-order valence-corrected chi connectivity index (χ4v) is 3.55. The predicted molar refractivity (Wildman–Crippen MR) is 65.5 cm³/mol. The highest BCUT2D eigenvalue weighted by atomic mass is 32.2. The molecule has 4 nitrogen and oxygen atoms in total. The molecule has 2 N–H and O–H groups in total. The molecule has 1 fully saturated rings. The third kappa shape index (κ3) is 3.06. The summed E-state index contributed by atoms with van der Waals surface area (Å²) in [5.74, 6) is -0.214. The number of benzene rings is 1. The molecule has 0 aromatic heterocycles. The van der Waals surface area contributed by atoms with Crippen LogP contribution in [0.3, 0.4) is 0 Å². The molecule has 0 bridgehead atoms. The van der Waals surface area contributed by atoms with Gasteiger partial charge in [0.15, 0.2) is 9.84 Å². The van der Waals surface area contributed by atoms with Gasteiger partial charge in [-0.3, -0.25) is 0 Å². The minimum Gasteiger partial charge on any atom is -0.390 e. The minimum atomic E-state index is -3.39. The van der Waals surface area contributed by atoms with Crippen molar-refractivity contribution >= 4 is 9.84 Å². The van der Waals surface area contributed by atoms with Crippen LogP contribution in [0.25, 0.3) is 0 Å². The Labute approximate surface area is 102 Å². The summed E-state index contributed by atoms with van der Waals surface area (Å²) < 4.78 is 24.0. The third-order valence-electron chi connectivity index (χ3n) is 3.06. The van der Waals surface area contributed by atoms with Crippen LogP contribution in [0.5, 0.6) is 0 Å². The van der Waals surface area contributed by atoms with Crippen LogP contribution < -0.4 is 5.32 Å². The quantitative estimate of drug-likeness (QED) is 0.825. The second-order valence-electron chi connectivity index (χ2n) is 4.36. The summed E-state index contributed by atoms with van der Waals surface area (Å²) >= 11 is 0. The molecule has 5 heteroatoms. The Bertz CT molecular complexity index is 452. The molecule has 0 amide bonds. The highest BCUT2D eigenvalue weighted by Gasteiger charge is 2.28. The molecule has 1 saturated heterocycles. The molecule has 0 saturated carbocycles. The van der Waals surface area contributed by atoms with E-state index in [1.54, 1.807) is 30.3 Å². The predicted octanol–water partition coefficient (Wildman–Crippen LogP) is 0.573. The molecule has 0 spiro atoms. The van der Waals surface area contributed by atoms with Gasteiger partial charge in [0.05, 0.1) is 16.8 Å². The van der Waals surface area contributed by atoms with Crippen LogP contribution in [0.2, 0.25) is 0 Å². The van der Waals surface area contributed by atoms with Crippen molar-refractivity contribution in [3.63, 3.8) is 0 Å². The maximum atomic E-state index is 12.0. The molecule has 94 valence electrons. The Balaban J connectivity index is 2.07. The maximum Gasteiger partial charge on any atom is 0.180 e. The Kier molecular flexibility index (Phi) is 3.81. The van der Waals surface area contributed by atoms with E-state index in [-0.39, 0.29) is 16.7 Å². The first-order chi connectivity index (χ1) is 8.09. The molecule has 2 atom stereocenters. The number of rotatable bonds is 4. The Morgan fingerprint density at radius 2 is 2.06 bits per heavy atom. The van der Waals surface area contributed by atoms with Crippen molar-refractivity contribution in [3.05, 3.63) is 30.3 Å². The molecule has 1 unspecified atom stereocenters. The van der Waals surface area contributed by atoms with Crippen molar-refractivity contribution in [1.29, 1.82) is 0 Å². The van der Waals surface area contributed by atoms with Crippen LogP contribution in [0.15, 0.2) is 35.2 Å². The standard InChI is InChI=1S/C12H17NO3S/c14-12(11-7-4-8-13-11)9-17(15,16)10-5-2-1-3-6-10/h1-3,5-6,11-14H,4,7-9H2/t11-,12?/m0/s1. The van der Waals surface area contributed by atoms with Crippen molar-refractivity contribution in [1.82, 2.24) is 5.32 Å². The normalized spacial score (nSPS) is 22.5. The first-order valence-corrected chi connectivity index (χ1v) is 7.44. The topological polar surface area (TPSA) is 66.4 Å². The Morgan fingerprint density at radius 3 is 2.65 bits per heavy atom. The van der Waals surface area contributed by atoms with Gasteiger partial charge in [0, 0.05) is 6.04 Å². The second kappa shape index (κ2) is 5.16. The summed E-state index contributed by atoms with van der Waals surface area (Å²) in [6.07, 6.45) is 1.00. The monoisotopic (exact) mass is 255 g/mol. The first-order valence-electron chi connectivity index (χ1n) is 5.79. The van der Waals surface area contributed by atoms with Gasteiger partial charge in [0.1, 0.15) is 0 Å². The van der Waals surface area contributed by atoms with Gasteiger partial charge in [-0.15, -0.1) is 0 Å². The average molecular weight is 255 g/mol. The lowest BCUT2D eigenvalue weighted by atomic mass is 10.1. The van der Waals surface area contributed by atoms with Crippen LogP contribution >= 0.6 is 0 Å². The molecular weight excluding hydrogens is 238 g/mol. The Morgan fingerprint density at radius 1 is 1.35 bits per heavy atom. The van der Waals surface area contributed by atoms with E-state index in [9.17, 15) is 13.5 Å². The highest BCUT2D eigenvalue weighted by Crippen LogP contribution is 2.16. The number of hydrogen-bond acceptors (Lipinski definition) is 4. The van der Waals surface area contributed by atoms with Crippen molar-refractivity contribution in [2.45, 2.75) is 29.9 Å². The summed E-state index contributed by atoms with van der Waals surface area (Å²) in [5, 5.41) is 13.0. The summed E-state index contributed by atoms with van der Waals surface area (Å²) in [6, 6.07) is 8.18. The van der Waals surface area contributed by atoms with E-state index in [0.29, 0.717) is 0 Å². The minimum absolute atomic E-state index is 0.0894. The van der Waals surface area contributed by atoms with Crippen molar-refractivity contribution in [2.24, 2.45) is 0 Å². The fourth-order valence-electron chi connectivity index (χ4n) is 2.10. The number of nitrogens with one attached hydrogen (secondary N) is 1. The van der Waals surface area contributed by atoms with Crippen LogP contribution in [0.4, 0.5) is 0 Å². The molecule has 0 radical (unpaired) electrons. The molecule has 17 heavy (non-hydrogen) atoms. The molecule has 0 aliphatic carbocycles. The fraction of sp³-hybridized carbons (Fsp3) is 0.500. The molecule has 1 heterocycles. The number of sulfone groups is 1. The third-order valence-corrected chi connectivity index (χ3v) is 4.83. The summed E-state index contributed by atoms with van der Waals surface area (Å²) in [5.41, 5.74) is 0. The van der Waals surface area contributed by atoms with Crippen LogP contribution in [-0.2, 0) is 9.84 Å². The van der Waals surface area contributed by atoms with Gasteiger partial charge in [-0.25, -0.2) is 8.42 Å². The van der Waals surface area contributed by atoms with E-state index in [0.717, 1.165) is 19.4 Å². The Hall–Kier alpha value is -0.910. The molecule has 1 aromatic rings. The molecule has 2 rings (SSSR count). The zero-order chi connectivity index (χ0) is 12.3. The van der Waals surface area contributed by atoms with E-state index in [1.807, 2.05) is 0 Å². The van der Waals surface area contributed by atoms with Gasteiger partial charge in [-0.05, 0) is 31.5 Å². The van der Waals surface area contributed by atoms with Gasteiger partial charge in [-0.1, -0.05) is 18.2 Å². The van der Waals surface area contributed by atoms with Crippen LogP contribution in [0.1, 0.15) is 12.8 Å². The number of hydrogen-bond donors (Lipinski definition) is 2. The second-order valence-corrected chi connectivity index (χ2v) is 6.40. The van der Waals surface area contributed by atoms with E-state index in [4.69, 9.17) is 0 Å². The molecule has 1 aliphatic rings. The number of aliphatic hydroxyl groups is 1. The van der Waals surface area contributed by atoms with Gasteiger partial charge >= 0.3 is 0 Å². The van der Waals surface area contributed by atoms with Gasteiger partial charge in [-0.2, -0.15) is 0 Å². The SMILES string of the molecule is O=S(=O)(CC(O)[C@@H]1CCCN1)c1ccccc1. The lowest BCUT2D eigenvalue weighted by Gasteiger charge is -2.18. The molecule has 1 aromatic carbocycles. The van der Waals surface area contributed by atoms with Crippen LogP contribution in [-0.4, -0.2) is 38.0 Å². The summed E-state index contributed by atoms with van der Waals surface area (Å²) in [7, 11) is -3.39. The van der Waals surface area contributed by atoms with Crippen molar-refractivity contribution < 1.29 is 13.5 Å². The van der Waals surface area contributed by atoms with Crippen LogP contribution in [0, 0.1) is 0 Å². The van der Waals surface area contributed by atoms with Gasteiger partial charge in [0.2, 0.25) is 0 Å². The molecule has 1 aliphatic heterocycles. The van der Waals surface area contributed by atoms with E-state index in [1.165, 1.54) is 0 Å². The van der Waals surface area contributed by atoms with Crippen molar-refractivity contribution in [3.8, 4) is 0 Å². The largest absolute Gasteiger partial charge is 0.390 e. The highest BCUT2D eigenvalue weighted by molar-refractivity contribution is 7.91. The van der Waals surface area contributed by atoms with Gasteiger partial charge < -0.3 is 10.4 Å². The lowest BCUT2D eigenvalue weighted by molar-refractivity contribution is 0.157. The first kappa shape index (κ1) is 12.5. The zero-order valence-electron chi connectivity index (χ0n) is 9.54. The van der Waals surface area contributed by atoms with E-state index in [2.05, 4.69) is 5.32 Å². The van der Waals surface area contributed by atoms with Crippen molar-refractivity contribution in [2.75, 3.05) is 12.3 Å². The lowest BCUT2D eigenvalue weighted by Crippen LogP contribution is -2.39. The van der Waals surface area contributed by atoms with E-state index < -0.39 is 15.9 Å². The van der Waals surface area contributed by atoms with E-state index >= 15 is 0 Å². The van der Waals surface area contributed by atoms with Gasteiger partial charge in [0.25, 0.3) is 0 Å². The maximum absolute atomic E-state index is 12.0. The number of aliphatic hydroxyl groups excluding tert-OH is 1. The summed E-state index contributed by atoms with van der Waals surface area (Å²) in [6.45, 7) is 0.854. The molecular formula is C12H17NO3S. The smallest absolute Gasteiger partial charge is 0.180 e.